The molecule has 131 valence electrons. The fourth-order valence-corrected chi connectivity index (χ4v) is 1.14. The van der Waals surface area contributed by atoms with Crippen LogP contribution in [0, 0.1) is 0 Å². The van der Waals surface area contributed by atoms with Gasteiger partial charge in [0.2, 0.25) is 5.76 Å². The first kappa shape index (κ1) is 23.1. The largest absolute Gasteiger partial charge is 0.504 e. The quantitative estimate of drug-likeness (QED) is 0.234. The Bertz CT molecular complexity index is 395. The maximum absolute atomic E-state index is 11.4. The maximum atomic E-state index is 11.4. The predicted octanol–water partition coefficient (Wildman–Crippen LogP) is 4.79. The van der Waals surface area contributed by atoms with E-state index in [1.165, 1.54) is 25.7 Å². The molecule has 22 heavy (non-hydrogen) atoms. The molecule has 0 amide bonds. The molecule has 1 aliphatic rings. The van der Waals surface area contributed by atoms with Crippen molar-refractivity contribution in [3.63, 3.8) is 0 Å². The molecule has 0 fully saturated rings. The summed E-state index contributed by atoms with van der Waals surface area (Å²) in [5.74, 6) is -5.34. The van der Waals surface area contributed by atoms with Gasteiger partial charge in [0.15, 0.2) is 0 Å². The van der Waals surface area contributed by atoms with Crippen molar-refractivity contribution in [1.82, 2.24) is 0 Å². The van der Waals surface area contributed by atoms with Crippen LogP contribution in [0.25, 0.3) is 0 Å². The first-order valence-electron chi connectivity index (χ1n) is 5.94. The minimum absolute atomic E-state index is 0. The fraction of sp³-hybridized carbons (Fsp3) is 0.462. The second-order valence-electron chi connectivity index (χ2n) is 3.99. The number of halogens is 6. The third-order valence-electron chi connectivity index (χ3n) is 2.17. The number of hydrogen-bond donors (Lipinski definition) is 1. The molecule has 0 atom stereocenters. The molecule has 1 N–H and O–H groups in total. The Kier molecular flexibility index (Phi) is 11.0. The summed E-state index contributed by atoms with van der Waals surface area (Å²) >= 11 is 0. The standard InChI is InChI=1S/C8H12.C5H2F6O2.Cu/c1-2-4-6-8-7-5-3-1;6-4(7,8)2(12)1-3(13)5(9,10)11;/h1-2,7-8H,3-6H2;1,12H;. The van der Waals surface area contributed by atoms with Gasteiger partial charge < -0.3 is 5.11 Å². The van der Waals surface area contributed by atoms with E-state index in [4.69, 9.17) is 5.11 Å². The van der Waals surface area contributed by atoms with E-state index >= 15 is 0 Å². The van der Waals surface area contributed by atoms with Gasteiger partial charge in [0.1, 0.15) is 0 Å². The van der Waals surface area contributed by atoms with Crippen molar-refractivity contribution < 1.29 is 53.3 Å². The van der Waals surface area contributed by atoms with Crippen LogP contribution in [0.4, 0.5) is 26.3 Å². The number of ketones is 1. The number of carbonyl (C=O) groups is 1. The van der Waals surface area contributed by atoms with E-state index in [2.05, 4.69) is 24.3 Å². The van der Waals surface area contributed by atoms with Gasteiger partial charge in [-0.2, -0.15) is 26.3 Å². The normalized spacial score (nSPS) is 15.8. The van der Waals surface area contributed by atoms with Crippen LogP contribution in [0.5, 0.6) is 0 Å². The molecule has 1 aliphatic carbocycles. The van der Waals surface area contributed by atoms with Gasteiger partial charge in [0, 0.05) is 23.1 Å². The van der Waals surface area contributed by atoms with Gasteiger partial charge in [0.25, 0.3) is 5.78 Å². The van der Waals surface area contributed by atoms with Crippen molar-refractivity contribution in [2.45, 2.75) is 38.0 Å². The molecule has 0 saturated heterocycles. The van der Waals surface area contributed by atoms with Crippen molar-refractivity contribution in [2.75, 3.05) is 0 Å². The number of aliphatic hydroxyl groups excluding tert-OH is 1. The molecule has 1 rings (SSSR count). The molecular formula is C13H14CuF6O2. The molecule has 9 heteroatoms. The number of carbonyl (C=O) groups excluding carboxylic acids is 1. The second-order valence-corrected chi connectivity index (χ2v) is 3.99. The summed E-state index contributed by atoms with van der Waals surface area (Å²) in [4.78, 5) is 9.86. The van der Waals surface area contributed by atoms with Crippen LogP contribution < -0.4 is 0 Å². The van der Waals surface area contributed by atoms with Crippen molar-refractivity contribution in [3.05, 3.63) is 36.1 Å². The van der Waals surface area contributed by atoms with Crippen molar-refractivity contribution in [1.29, 1.82) is 0 Å². The molecule has 0 aromatic heterocycles. The zero-order chi connectivity index (χ0) is 16.5. The van der Waals surface area contributed by atoms with Crippen LogP contribution in [0.1, 0.15) is 25.7 Å². The van der Waals surface area contributed by atoms with Gasteiger partial charge >= 0.3 is 12.4 Å². The Labute approximate surface area is 134 Å². The fourth-order valence-electron chi connectivity index (χ4n) is 1.14. The van der Waals surface area contributed by atoms with Crippen LogP contribution >= 0.6 is 0 Å². The summed E-state index contributed by atoms with van der Waals surface area (Å²) in [7, 11) is 0. The van der Waals surface area contributed by atoms with E-state index in [1.807, 2.05) is 0 Å². The van der Waals surface area contributed by atoms with Crippen LogP contribution in [0.15, 0.2) is 36.1 Å². The molecule has 0 heterocycles. The van der Waals surface area contributed by atoms with Gasteiger partial charge in [-0.3, -0.25) is 4.79 Å². The van der Waals surface area contributed by atoms with E-state index in [0.717, 1.165) is 0 Å². The number of allylic oxidation sites excluding steroid dienone is 6. The van der Waals surface area contributed by atoms with Crippen molar-refractivity contribution in [2.24, 2.45) is 0 Å². The molecular weight excluding hydrogens is 366 g/mol. The van der Waals surface area contributed by atoms with Crippen LogP contribution in [0.3, 0.4) is 0 Å². The molecule has 0 bridgehead atoms. The summed E-state index contributed by atoms with van der Waals surface area (Å²) in [6.45, 7) is 0. The second kappa shape index (κ2) is 10.5. The number of rotatable bonds is 1. The van der Waals surface area contributed by atoms with E-state index in [0.29, 0.717) is 0 Å². The Morgan fingerprint density at radius 2 is 1.14 bits per heavy atom. The van der Waals surface area contributed by atoms with Crippen LogP contribution in [0.2, 0.25) is 0 Å². The van der Waals surface area contributed by atoms with Gasteiger partial charge in [-0.25, -0.2) is 0 Å². The van der Waals surface area contributed by atoms with Gasteiger partial charge in [0.05, 0.1) is 0 Å². The van der Waals surface area contributed by atoms with Crippen LogP contribution in [-0.4, -0.2) is 23.2 Å². The third-order valence-corrected chi connectivity index (χ3v) is 2.17. The first-order chi connectivity index (χ1) is 9.55. The topological polar surface area (TPSA) is 37.3 Å². The molecule has 0 aromatic carbocycles. The van der Waals surface area contributed by atoms with Crippen molar-refractivity contribution >= 4 is 5.78 Å². The number of aliphatic hydroxyl groups is 1. The average Bonchev–Trinajstić information content (AvgIpc) is 2.25. The SMILES string of the molecule is C1=CCCC=CCC1.O=C(C=C(O)C(F)(F)F)C(F)(F)F.[Cu]. The first-order valence-corrected chi connectivity index (χ1v) is 5.94. The van der Waals surface area contributed by atoms with Crippen molar-refractivity contribution in [3.8, 4) is 0 Å². The Morgan fingerprint density at radius 3 is 1.36 bits per heavy atom. The summed E-state index contributed by atoms with van der Waals surface area (Å²) in [5, 5.41) is 7.93. The Morgan fingerprint density at radius 1 is 0.818 bits per heavy atom. The summed E-state index contributed by atoms with van der Waals surface area (Å²) in [6, 6.07) is 0. The zero-order valence-corrected chi connectivity index (χ0v) is 12.1. The third kappa shape index (κ3) is 11.4. The summed E-state index contributed by atoms with van der Waals surface area (Å²) in [6.07, 6.45) is 2.32. The molecule has 0 aliphatic heterocycles. The summed E-state index contributed by atoms with van der Waals surface area (Å²) < 4.78 is 68.1. The molecule has 0 saturated carbocycles. The number of hydrogen-bond acceptors (Lipinski definition) is 2. The van der Waals surface area contributed by atoms with E-state index in [9.17, 15) is 31.1 Å². The molecule has 2 nitrogen and oxygen atoms in total. The monoisotopic (exact) mass is 379 g/mol. The minimum Gasteiger partial charge on any atom is -0.504 e. The Balaban J connectivity index is 0. The predicted molar refractivity (Wildman–Crippen MR) is 64.6 cm³/mol. The summed E-state index contributed by atoms with van der Waals surface area (Å²) in [5.41, 5.74) is 0. The Hall–Kier alpha value is -1.21. The minimum atomic E-state index is -5.42. The molecule has 0 spiro atoms. The zero-order valence-electron chi connectivity index (χ0n) is 11.1. The molecule has 0 aromatic rings. The van der Waals surface area contributed by atoms with Gasteiger partial charge in [-0.1, -0.05) is 24.3 Å². The van der Waals surface area contributed by atoms with Crippen LogP contribution in [-0.2, 0) is 21.9 Å². The van der Waals surface area contributed by atoms with Gasteiger partial charge in [-0.15, -0.1) is 0 Å². The van der Waals surface area contributed by atoms with Gasteiger partial charge in [-0.05, 0) is 25.7 Å². The van der Waals surface area contributed by atoms with E-state index < -0.39 is 30.0 Å². The molecule has 1 radical (unpaired) electrons. The number of alkyl halides is 6. The smallest absolute Gasteiger partial charge is 0.454 e. The molecule has 0 unspecified atom stereocenters. The van der Waals surface area contributed by atoms with E-state index in [1.54, 1.807) is 0 Å². The van der Waals surface area contributed by atoms with E-state index in [-0.39, 0.29) is 17.1 Å². The average molecular weight is 380 g/mol. The maximum Gasteiger partial charge on any atom is 0.454 e.